The van der Waals surface area contributed by atoms with Gasteiger partial charge in [-0.3, -0.25) is 0 Å². The van der Waals surface area contributed by atoms with E-state index >= 15 is 0 Å². The Morgan fingerprint density at radius 3 is 2.37 bits per heavy atom. The third kappa shape index (κ3) is 4.19. The van der Waals surface area contributed by atoms with E-state index in [0.717, 1.165) is 44.3 Å². The fraction of sp³-hybridized carbons (Fsp3) is 0.100. The quantitative estimate of drug-likeness (QED) is 0.133. The van der Waals surface area contributed by atoms with Crippen LogP contribution in [0.3, 0.4) is 0 Å². The van der Waals surface area contributed by atoms with E-state index in [1.165, 1.54) is 22.3 Å². The van der Waals surface area contributed by atoms with Crippen LogP contribution in [0.15, 0.2) is 115 Å². The maximum atomic E-state index is 6.42. The number of aromatic nitrogens is 4. The molecule has 0 radical (unpaired) electrons. The molecule has 3 heterocycles. The number of aryl methyl sites for hydroxylation is 1. The van der Waals surface area contributed by atoms with Crippen molar-refractivity contribution < 1.29 is 30.4 Å². The van der Waals surface area contributed by atoms with E-state index in [4.69, 9.17) is 9.72 Å². The number of nitrogens with zero attached hydrogens (tertiary/aromatic N) is 4. The molecule has 0 fully saturated rings. The van der Waals surface area contributed by atoms with Crippen LogP contribution in [0.25, 0.3) is 55.5 Å². The maximum Gasteiger partial charge on any atom is 0.242 e. The Hall–Kier alpha value is -4.99. The van der Waals surface area contributed by atoms with Crippen molar-refractivity contribution in [1.82, 2.24) is 14.1 Å². The Kier molecular flexibility index (Phi) is 6.52. The van der Waals surface area contributed by atoms with Crippen LogP contribution >= 0.6 is 0 Å². The van der Waals surface area contributed by atoms with Crippen LogP contribution in [0.1, 0.15) is 25.0 Å². The van der Waals surface area contributed by atoms with E-state index in [0.29, 0.717) is 11.5 Å². The second kappa shape index (κ2) is 10.5. The third-order valence-corrected chi connectivity index (χ3v) is 9.19. The van der Waals surface area contributed by atoms with Crippen molar-refractivity contribution in [3.05, 3.63) is 145 Å². The normalized spacial score (nSPS) is 13.1. The van der Waals surface area contributed by atoms with Gasteiger partial charge in [0, 0.05) is 55.3 Å². The number of para-hydroxylation sites is 3. The molecule has 0 saturated carbocycles. The molecule has 0 aliphatic heterocycles. The second-order valence-electron chi connectivity index (χ2n) is 12.2. The summed E-state index contributed by atoms with van der Waals surface area (Å²) in [6.45, 7) is 4.59. The Balaban J connectivity index is 0.00000312. The van der Waals surface area contributed by atoms with Crippen molar-refractivity contribution in [3.8, 4) is 34.1 Å². The van der Waals surface area contributed by atoms with Gasteiger partial charge in [0.15, 0.2) is 0 Å². The number of ether oxygens (including phenoxy) is 1. The number of rotatable bonds is 4. The van der Waals surface area contributed by atoms with Gasteiger partial charge in [-0.25, -0.2) is 4.98 Å². The van der Waals surface area contributed by atoms with Gasteiger partial charge in [-0.1, -0.05) is 91.8 Å². The molecule has 0 spiro atoms. The van der Waals surface area contributed by atoms with Gasteiger partial charge >= 0.3 is 0 Å². The third-order valence-electron chi connectivity index (χ3n) is 9.19. The topological polar surface area (TPSA) is 35.9 Å². The minimum Gasteiger partial charge on any atom is -0.510 e. The molecule has 0 atom stereocenters. The maximum absolute atomic E-state index is 6.42. The van der Waals surface area contributed by atoms with E-state index in [1.807, 2.05) is 58.8 Å². The van der Waals surface area contributed by atoms with Crippen LogP contribution in [-0.2, 0) is 33.5 Å². The fourth-order valence-corrected chi connectivity index (χ4v) is 7.00. The average molecular weight is 776 g/mol. The second-order valence-corrected chi connectivity index (χ2v) is 12.2. The molecule has 1 aliphatic carbocycles. The summed E-state index contributed by atoms with van der Waals surface area (Å²) in [6, 6.07) is 44.6. The van der Waals surface area contributed by atoms with Gasteiger partial charge in [-0.15, -0.1) is 29.7 Å². The van der Waals surface area contributed by atoms with Crippen LogP contribution in [-0.4, -0.2) is 14.1 Å². The number of hydrogen-bond acceptors (Lipinski definition) is 2. The molecule has 3 aromatic heterocycles. The molecule has 226 valence electrons. The predicted molar refractivity (Wildman–Crippen MR) is 177 cm³/mol. The summed E-state index contributed by atoms with van der Waals surface area (Å²) in [5.41, 5.74) is 9.95. The van der Waals surface area contributed by atoms with Crippen molar-refractivity contribution in [2.24, 2.45) is 7.05 Å². The summed E-state index contributed by atoms with van der Waals surface area (Å²) >= 11 is 0. The Morgan fingerprint density at radius 2 is 1.48 bits per heavy atom. The van der Waals surface area contributed by atoms with Crippen LogP contribution in [0, 0.1) is 18.5 Å². The molecule has 0 bridgehead atoms. The Labute approximate surface area is 281 Å². The first-order valence-electron chi connectivity index (χ1n) is 15.1. The van der Waals surface area contributed by atoms with E-state index in [9.17, 15) is 0 Å². The molecular weight excluding hydrogens is 748 g/mol. The van der Waals surface area contributed by atoms with Crippen molar-refractivity contribution in [3.63, 3.8) is 0 Å². The van der Waals surface area contributed by atoms with Crippen molar-refractivity contribution in [1.29, 1.82) is 0 Å². The van der Waals surface area contributed by atoms with Gasteiger partial charge in [0.05, 0.1) is 18.1 Å². The molecule has 8 aromatic rings. The summed E-state index contributed by atoms with van der Waals surface area (Å²) in [6.07, 6.45) is 5.41. The minimum absolute atomic E-state index is 0. The van der Waals surface area contributed by atoms with Crippen LogP contribution in [0.4, 0.5) is 0 Å². The van der Waals surface area contributed by atoms with Crippen LogP contribution < -0.4 is 9.30 Å². The Morgan fingerprint density at radius 1 is 0.717 bits per heavy atom. The van der Waals surface area contributed by atoms with Crippen LogP contribution in [0.2, 0.25) is 0 Å². The monoisotopic (exact) mass is 775 g/mol. The SMILES string of the molecule is C[n+]1[c-]n(-c2[c-]c(Oc3[c-]c4c(cc3)c3ccccc3n4-c3cc4c(cn3)-c3ccccc3C4(C)C)ccc2)c2ccccc21.[Pt]. The molecule has 6 heteroatoms. The molecule has 0 unspecified atom stereocenters. The zero-order valence-corrected chi connectivity index (χ0v) is 27.8. The molecular formula is C40H28N4OPt-2. The van der Waals surface area contributed by atoms with E-state index in [-0.39, 0.29) is 26.5 Å². The van der Waals surface area contributed by atoms with Gasteiger partial charge in [0.25, 0.3) is 0 Å². The first-order chi connectivity index (χ1) is 22.0. The first-order valence-corrected chi connectivity index (χ1v) is 15.1. The number of imidazole rings is 1. The summed E-state index contributed by atoms with van der Waals surface area (Å²) in [5.74, 6) is 2.08. The van der Waals surface area contributed by atoms with Crippen molar-refractivity contribution >= 4 is 32.8 Å². The molecule has 5 nitrogen and oxygen atoms in total. The van der Waals surface area contributed by atoms with E-state index < -0.39 is 0 Å². The first kappa shape index (κ1) is 28.5. The van der Waals surface area contributed by atoms with E-state index in [2.05, 4.69) is 110 Å². The molecule has 5 aromatic carbocycles. The predicted octanol–water partition coefficient (Wildman–Crippen LogP) is 8.44. The largest absolute Gasteiger partial charge is 0.510 e. The van der Waals surface area contributed by atoms with Crippen LogP contribution in [0.5, 0.6) is 11.5 Å². The summed E-state index contributed by atoms with van der Waals surface area (Å²) in [5, 5.41) is 2.25. The molecule has 9 rings (SSSR count). The zero-order chi connectivity index (χ0) is 30.3. The summed E-state index contributed by atoms with van der Waals surface area (Å²) in [4.78, 5) is 5.03. The minimum atomic E-state index is -0.124. The molecule has 46 heavy (non-hydrogen) atoms. The molecule has 1 aliphatic rings. The number of benzene rings is 5. The van der Waals surface area contributed by atoms with Crippen molar-refractivity contribution in [2.45, 2.75) is 19.3 Å². The number of pyridine rings is 1. The zero-order valence-electron chi connectivity index (χ0n) is 25.5. The molecule has 0 N–H and O–H groups in total. The van der Waals surface area contributed by atoms with E-state index in [1.54, 1.807) is 0 Å². The number of hydrogen-bond donors (Lipinski definition) is 0. The average Bonchev–Trinajstić information content (AvgIpc) is 3.66. The smallest absolute Gasteiger partial charge is 0.242 e. The van der Waals surface area contributed by atoms with Gasteiger partial charge < -0.3 is 18.4 Å². The van der Waals surface area contributed by atoms with Crippen molar-refractivity contribution in [2.75, 3.05) is 0 Å². The summed E-state index contributed by atoms with van der Waals surface area (Å²) < 4.78 is 12.6. The van der Waals surface area contributed by atoms with Gasteiger partial charge in [-0.2, -0.15) is 18.2 Å². The van der Waals surface area contributed by atoms with Gasteiger partial charge in [0.2, 0.25) is 6.33 Å². The van der Waals surface area contributed by atoms with Gasteiger partial charge in [0.1, 0.15) is 5.82 Å². The number of fused-ring (bicyclic) bond motifs is 7. The molecule has 0 saturated heterocycles. The summed E-state index contributed by atoms with van der Waals surface area (Å²) in [7, 11) is 2.00. The fourth-order valence-electron chi connectivity index (χ4n) is 7.00. The Bertz CT molecular complexity index is 2470. The van der Waals surface area contributed by atoms with Gasteiger partial charge in [-0.05, 0) is 34.2 Å². The standard InChI is InChI=1S/C40H28N4O.Pt/c1-40(2)33-15-6-4-13-29(33)32-24-41-39(23-34(32)40)44-35-16-7-5-14-30(35)31-20-19-28(22-38(31)44)45-27-12-10-11-26(21-27)43-25-42(3)36-17-8-9-18-37(36)43;/h4-20,23-24H,1-3H3;/q-2;. The molecule has 0 amide bonds.